The molecule has 2 aliphatic heterocycles. The molecule has 2 aliphatic rings. The molecule has 0 saturated carbocycles. The Balaban J connectivity index is 1.40. The summed E-state index contributed by atoms with van der Waals surface area (Å²) in [5.74, 6) is -1.52. The summed E-state index contributed by atoms with van der Waals surface area (Å²) < 4.78 is 27.4. The molecule has 2 heterocycles. The highest BCUT2D eigenvalue weighted by Crippen LogP contribution is 2.25. The van der Waals surface area contributed by atoms with Gasteiger partial charge in [0.05, 0.1) is 11.8 Å². The zero-order chi connectivity index (χ0) is 21.3. The highest BCUT2D eigenvalue weighted by Gasteiger charge is 2.31. The minimum absolute atomic E-state index is 0.0127. The van der Waals surface area contributed by atoms with Gasteiger partial charge in [0.1, 0.15) is 11.6 Å². The lowest BCUT2D eigenvalue weighted by Gasteiger charge is -2.20. The molecule has 6 nitrogen and oxygen atoms in total. The van der Waals surface area contributed by atoms with Crippen LogP contribution in [0.1, 0.15) is 43.4 Å². The van der Waals surface area contributed by atoms with E-state index in [4.69, 9.17) is 4.84 Å². The van der Waals surface area contributed by atoms with Gasteiger partial charge in [0.25, 0.3) is 5.91 Å². The zero-order valence-electron chi connectivity index (χ0n) is 16.4. The lowest BCUT2D eigenvalue weighted by atomic mass is 10.0. The number of hydrogen-bond donors (Lipinski definition) is 1. The number of nitrogens with one attached hydrogen (secondary N) is 1. The maximum Gasteiger partial charge on any atom is 0.264 e. The Bertz CT molecular complexity index is 1020. The Morgan fingerprint density at radius 1 is 1.27 bits per heavy atom. The average molecular weight is 413 g/mol. The minimum atomic E-state index is -0.923. The number of rotatable bonds is 5. The lowest BCUT2D eigenvalue weighted by Crippen LogP contribution is -2.36. The van der Waals surface area contributed by atoms with Gasteiger partial charge in [-0.2, -0.15) is 0 Å². The van der Waals surface area contributed by atoms with Gasteiger partial charge in [-0.25, -0.2) is 8.78 Å². The number of benzene rings is 2. The number of amides is 2. The fourth-order valence-electron chi connectivity index (χ4n) is 3.67. The number of carbonyl (C=O) groups is 2. The van der Waals surface area contributed by atoms with Crippen molar-refractivity contribution in [2.75, 3.05) is 11.4 Å². The van der Waals surface area contributed by atoms with Crippen molar-refractivity contribution < 1.29 is 23.2 Å². The first-order valence-electron chi connectivity index (χ1n) is 9.81. The van der Waals surface area contributed by atoms with Crippen LogP contribution < -0.4 is 10.2 Å². The molecule has 1 N–H and O–H groups in total. The molecule has 1 fully saturated rings. The summed E-state index contributed by atoms with van der Waals surface area (Å²) in [7, 11) is 0. The van der Waals surface area contributed by atoms with E-state index in [1.807, 2.05) is 31.2 Å². The topological polar surface area (TPSA) is 71.0 Å². The van der Waals surface area contributed by atoms with E-state index in [9.17, 15) is 18.4 Å². The maximum absolute atomic E-state index is 13.9. The second kappa shape index (κ2) is 8.22. The third kappa shape index (κ3) is 4.03. The predicted molar refractivity (Wildman–Crippen MR) is 107 cm³/mol. The molecule has 2 amide bonds. The van der Waals surface area contributed by atoms with Gasteiger partial charge in [0.2, 0.25) is 12.0 Å². The first-order valence-corrected chi connectivity index (χ1v) is 9.81. The number of oxime groups is 1. The zero-order valence-corrected chi connectivity index (χ0v) is 16.4. The summed E-state index contributed by atoms with van der Waals surface area (Å²) in [6.07, 6.45) is 0.502. The van der Waals surface area contributed by atoms with E-state index in [0.717, 1.165) is 35.9 Å². The van der Waals surface area contributed by atoms with Crippen molar-refractivity contribution >= 4 is 23.2 Å². The third-order valence-electron chi connectivity index (χ3n) is 5.31. The van der Waals surface area contributed by atoms with Gasteiger partial charge >= 0.3 is 0 Å². The van der Waals surface area contributed by atoms with Crippen LogP contribution in [0.15, 0.2) is 47.6 Å². The first kappa shape index (κ1) is 20.0. The van der Waals surface area contributed by atoms with Gasteiger partial charge < -0.3 is 15.1 Å². The van der Waals surface area contributed by atoms with Crippen molar-refractivity contribution in [2.24, 2.45) is 5.16 Å². The van der Waals surface area contributed by atoms with E-state index < -0.39 is 23.6 Å². The summed E-state index contributed by atoms with van der Waals surface area (Å²) in [6.45, 7) is 2.52. The van der Waals surface area contributed by atoms with Crippen LogP contribution in [0.5, 0.6) is 0 Å². The van der Waals surface area contributed by atoms with Crippen LogP contribution in [0.4, 0.5) is 14.5 Å². The molecule has 30 heavy (non-hydrogen) atoms. The molecule has 1 saturated heterocycles. The Kier molecular flexibility index (Phi) is 5.48. The molecule has 8 heteroatoms. The molecule has 0 bridgehead atoms. The number of anilines is 1. The molecule has 2 aromatic rings. The summed E-state index contributed by atoms with van der Waals surface area (Å²) in [6, 6.07) is 10.2. The number of halogens is 2. The van der Waals surface area contributed by atoms with Crippen LogP contribution in [0.25, 0.3) is 0 Å². The SMILES string of the molecule is CC(NC(=O)C1CC(c2cc(F)ccc2F)=NO1)c1cccc(N2CCCC2=O)c1. The van der Waals surface area contributed by atoms with Crippen LogP contribution >= 0.6 is 0 Å². The smallest absolute Gasteiger partial charge is 0.264 e. The Morgan fingerprint density at radius 2 is 2.10 bits per heavy atom. The van der Waals surface area contributed by atoms with Crippen LogP contribution in [0, 0.1) is 11.6 Å². The van der Waals surface area contributed by atoms with Gasteiger partial charge in [-0.15, -0.1) is 0 Å². The second-order valence-corrected chi connectivity index (χ2v) is 7.43. The predicted octanol–water partition coefficient (Wildman–Crippen LogP) is 3.46. The summed E-state index contributed by atoms with van der Waals surface area (Å²) >= 11 is 0. The quantitative estimate of drug-likeness (QED) is 0.816. The normalized spacial score (nSPS) is 19.4. The monoisotopic (exact) mass is 413 g/mol. The fraction of sp³-hybridized carbons (Fsp3) is 0.318. The van der Waals surface area contributed by atoms with Crippen molar-refractivity contribution in [3.05, 3.63) is 65.2 Å². The van der Waals surface area contributed by atoms with Crippen LogP contribution in [-0.4, -0.2) is 30.2 Å². The van der Waals surface area contributed by atoms with Crippen molar-refractivity contribution in [3.8, 4) is 0 Å². The molecule has 2 unspecified atom stereocenters. The van der Waals surface area contributed by atoms with Crippen molar-refractivity contribution in [1.29, 1.82) is 0 Å². The molecular formula is C22H21F2N3O3. The summed E-state index contributed by atoms with van der Waals surface area (Å²) in [5.41, 5.74) is 1.83. The Morgan fingerprint density at radius 3 is 2.87 bits per heavy atom. The molecule has 0 spiro atoms. The van der Waals surface area contributed by atoms with Gasteiger partial charge in [-0.3, -0.25) is 9.59 Å². The second-order valence-electron chi connectivity index (χ2n) is 7.43. The fourth-order valence-corrected chi connectivity index (χ4v) is 3.67. The van der Waals surface area contributed by atoms with E-state index in [0.29, 0.717) is 13.0 Å². The molecule has 4 rings (SSSR count). The minimum Gasteiger partial charge on any atom is -0.382 e. The van der Waals surface area contributed by atoms with Crippen molar-refractivity contribution in [2.45, 2.75) is 38.3 Å². The van der Waals surface area contributed by atoms with Crippen molar-refractivity contribution in [1.82, 2.24) is 5.32 Å². The number of hydrogen-bond acceptors (Lipinski definition) is 4. The number of nitrogens with zero attached hydrogens (tertiary/aromatic N) is 2. The van der Waals surface area contributed by atoms with Gasteiger partial charge in [-0.1, -0.05) is 17.3 Å². The number of carbonyl (C=O) groups excluding carboxylic acids is 2. The van der Waals surface area contributed by atoms with E-state index in [2.05, 4.69) is 10.5 Å². The third-order valence-corrected chi connectivity index (χ3v) is 5.31. The molecular weight excluding hydrogens is 392 g/mol. The van der Waals surface area contributed by atoms with Crippen molar-refractivity contribution in [3.63, 3.8) is 0 Å². The van der Waals surface area contributed by atoms with Gasteiger partial charge in [0, 0.05) is 30.6 Å². The molecule has 156 valence electrons. The summed E-state index contributed by atoms with van der Waals surface area (Å²) in [5, 5.41) is 6.63. The first-order chi connectivity index (χ1) is 14.4. The summed E-state index contributed by atoms with van der Waals surface area (Å²) in [4.78, 5) is 31.5. The molecule has 2 atom stereocenters. The van der Waals surface area contributed by atoms with Crippen LogP contribution in [0.3, 0.4) is 0 Å². The standard InChI is InChI=1S/C22H21F2N3O3/c1-13(14-4-2-5-16(10-14)27-9-3-6-21(27)28)25-22(29)20-12-19(26-30-20)17-11-15(23)7-8-18(17)24/h2,4-5,7-8,10-11,13,20H,3,6,9,12H2,1H3,(H,25,29). The van der Waals surface area contributed by atoms with Crippen LogP contribution in [-0.2, 0) is 14.4 Å². The molecule has 2 aromatic carbocycles. The molecule has 0 aromatic heterocycles. The van der Waals surface area contributed by atoms with Crippen LogP contribution in [0.2, 0.25) is 0 Å². The highest BCUT2D eigenvalue weighted by molar-refractivity contribution is 6.04. The Hall–Kier alpha value is -3.29. The van der Waals surface area contributed by atoms with E-state index in [1.165, 1.54) is 0 Å². The van der Waals surface area contributed by atoms with Gasteiger partial charge in [0.15, 0.2) is 0 Å². The van der Waals surface area contributed by atoms with E-state index >= 15 is 0 Å². The average Bonchev–Trinajstić information content (AvgIpc) is 3.39. The lowest BCUT2D eigenvalue weighted by molar-refractivity contribution is -0.131. The van der Waals surface area contributed by atoms with E-state index in [-0.39, 0.29) is 29.6 Å². The Labute approximate surface area is 172 Å². The van der Waals surface area contributed by atoms with E-state index in [1.54, 1.807) is 4.90 Å². The largest absolute Gasteiger partial charge is 0.382 e. The molecule has 0 radical (unpaired) electrons. The highest BCUT2D eigenvalue weighted by atomic mass is 19.1. The van der Waals surface area contributed by atoms with Gasteiger partial charge in [-0.05, 0) is 49.2 Å². The maximum atomic E-state index is 13.9. The molecule has 0 aliphatic carbocycles.